The first-order chi connectivity index (χ1) is 15.9. The highest BCUT2D eigenvalue weighted by atomic mass is 16.5. The van der Waals surface area contributed by atoms with Crippen molar-refractivity contribution in [2.75, 3.05) is 45.9 Å². The van der Waals surface area contributed by atoms with Crippen LogP contribution in [0, 0.1) is 0 Å². The SMILES string of the molecule is Cn1c(=O)c2nc(-c3ccc(OCCN4CCN(C(=O)CN)CC4)cc3)nnc2n(C)c1=O. The molecule has 3 heterocycles. The third kappa shape index (κ3) is 4.61. The Morgan fingerprint density at radius 2 is 1.73 bits per heavy atom. The van der Waals surface area contributed by atoms with Gasteiger partial charge in [0.1, 0.15) is 12.4 Å². The summed E-state index contributed by atoms with van der Waals surface area (Å²) in [6.45, 7) is 4.28. The van der Waals surface area contributed by atoms with Crippen molar-refractivity contribution in [3.05, 3.63) is 45.1 Å². The van der Waals surface area contributed by atoms with Crippen molar-refractivity contribution >= 4 is 17.1 Å². The Hall–Kier alpha value is -3.64. The van der Waals surface area contributed by atoms with Crippen LogP contribution in [0.5, 0.6) is 5.75 Å². The van der Waals surface area contributed by atoms with Gasteiger partial charge in [-0.15, -0.1) is 10.2 Å². The predicted molar refractivity (Wildman–Crippen MR) is 121 cm³/mol. The third-order valence-corrected chi connectivity index (χ3v) is 5.76. The maximum absolute atomic E-state index is 12.4. The number of carbonyl (C=O) groups excluding carboxylic acids is 1. The maximum atomic E-state index is 12.4. The molecule has 2 aromatic heterocycles. The van der Waals surface area contributed by atoms with Crippen molar-refractivity contribution in [1.29, 1.82) is 0 Å². The highest BCUT2D eigenvalue weighted by molar-refractivity contribution is 5.78. The Labute approximate surface area is 189 Å². The summed E-state index contributed by atoms with van der Waals surface area (Å²) in [6, 6.07) is 7.20. The number of aromatic nitrogens is 5. The number of carbonyl (C=O) groups is 1. The Bertz CT molecular complexity index is 1280. The molecule has 33 heavy (non-hydrogen) atoms. The van der Waals surface area contributed by atoms with Crippen molar-refractivity contribution in [2.45, 2.75) is 0 Å². The number of hydrogen-bond acceptors (Lipinski definition) is 9. The molecule has 0 unspecified atom stereocenters. The van der Waals surface area contributed by atoms with Gasteiger partial charge in [-0.1, -0.05) is 0 Å². The fraction of sp³-hybridized carbons (Fsp3) is 0.429. The lowest BCUT2D eigenvalue weighted by atomic mass is 10.2. The van der Waals surface area contributed by atoms with E-state index < -0.39 is 11.2 Å². The second-order valence-corrected chi connectivity index (χ2v) is 7.81. The van der Waals surface area contributed by atoms with Crippen LogP contribution >= 0.6 is 0 Å². The minimum Gasteiger partial charge on any atom is -0.492 e. The number of piperazine rings is 1. The molecule has 0 bridgehead atoms. The second kappa shape index (κ2) is 9.46. The lowest BCUT2D eigenvalue weighted by Gasteiger charge is -2.34. The van der Waals surface area contributed by atoms with Crippen LogP contribution < -0.4 is 21.7 Å². The zero-order chi connectivity index (χ0) is 23.5. The van der Waals surface area contributed by atoms with E-state index in [-0.39, 0.29) is 29.4 Å². The molecule has 174 valence electrons. The molecule has 0 radical (unpaired) electrons. The van der Waals surface area contributed by atoms with E-state index in [4.69, 9.17) is 10.5 Å². The molecule has 0 aliphatic carbocycles. The summed E-state index contributed by atoms with van der Waals surface area (Å²) in [6.07, 6.45) is 0. The molecule has 1 aliphatic rings. The summed E-state index contributed by atoms with van der Waals surface area (Å²) in [5.41, 5.74) is 5.31. The van der Waals surface area contributed by atoms with Gasteiger partial charge in [-0.2, -0.15) is 0 Å². The van der Waals surface area contributed by atoms with Crippen LogP contribution in [0.2, 0.25) is 0 Å². The molecule has 1 amide bonds. The van der Waals surface area contributed by atoms with Gasteiger partial charge in [0.2, 0.25) is 5.91 Å². The zero-order valence-corrected chi connectivity index (χ0v) is 18.6. The third-order valence-electron chi connectivity index (χ3n) is 5.76. The maximum Gasteiger partial charge on any atom is 0.332 e. The highest BCUT2D eigenvalue weighted by Gasteiger charge is 2.19. The number of aryl methyl sites for hydroxylation is 1. The van der Waals surface area contributed by atoms with E-state index in [1.165, 1.54) is 18.7 Å². The number of fused-ring (bicyclic) bond motifs is 1. The summed E-state index contributed by atoms with van der Waals surface area (Å²) in [7, 11) is 2.92. The number of amides is 1. The zero-order valence-electron chi connectivity index (χ0n) is 18.6. The molecule has 1 aliphatic heterocycles. The van der Waals surface area contributed by atoms with Crippen LogP contribution in [-0.2, 0) is 18.9 Å². The normalized spacial score (nSPS) is 14.6. The van der Waals surface area contributed by atoms with Crippen molar-refractivity contribution in [3.8, 4) is 17.1 Å². The number of benzene rings is 1. The molecule has 0 spiro atoms. The van der Waals surface area contributed by atoms with E-state index >= 15 is 0 Å². The minimum atomic E-state index is -0.516. The minimum absolute atomic E-state index is 0.0130. The highest BCUT2D eigenvalue weighted by Crippen LogP contribution is 2.19. The topological polar surface area (TPSA) is 141 Å². The fourth-order valence-electron chi connectivity index (χ4n) is 3.72. The van der Waals surface area contributed by atoms with E-state index in [9.17, 15) is 14.4 Å². The first kappa shape index (κ1) is 22.6. The monoisotopic (exact) mass is 454 g/mol. The van der Waals surface area contributed by atoms with Gasteiger partial charge in [-0.05, 0) is 24.3 Å². The first-order valence-electron chi connectivity index (χ1n) is 10.6. The van der Waals surface area contributed by atoms with Gasteiger partial charge < -0.3 is 15.4 Å². The summed E-state index contributed by atoms with van der Waals surface area (Å²) in [4.78, 5) is 44.5. The average molecular weight is 454 g/mol. The number of nitrogens with two attached hydrogens (primary N) is 1. The number of hydrogen-bond donors (Lipinski definition) is 1. The Morgan fingerprint density at radius 3 is 2.39 bits per heavy atom. The average Bonchev–Trinajstić information content (AvgIpc) is 2.86. The van der Waals surface area contributed by atoms with Gasteiger partial charge >= 0.3 is 5.69 Å². The van der Waals surface area contributed by atoms with Gasteiger partial charge in [0.05, 0.1) is 6.54 Å². The standard InChI is InChI=1S/C21H26N8O4/c1-26-19-17(20(31)27(2)21(26)32)23-18(24-25-19)14-3-5-15(6-4-14)33-12-11-28-7-9-29(10-8-28)16(30)13-22/h3-6H,7-13,22H2,1-2H3. The van der Waals surface area contributed by atoms with Crippen LogP contribution in [0.1, 0.15) is 0 Å². The van der Waals surface area contributed by atoms with Gasteiger partial charge in [0.15, 0.2) is 17.0 Å². The molecule has 0 saturated carbocycles. The van der Waals surface area contributed by atoms with Crippen LogP contribution in [0.3, 0.4) is 0 Å². The quantitative estimate of drug-likeness (QED) is 0.474. The molecule has 4 rings (SSSR count). The van der Waals surface area contributed by atoms with Crippen molar-refractivity contribution < 1.29 is 9.53 Å². The van der Waals surface area contributed by atoms with Crippen LogP contribution in [0.25, 0.3) is 22.6 Å². The van der Waals surface area contributed by atoms with Crippen LogP contribution in [-0.4, -0.2) is 85.9 Å². The largest absolute Gasteiger partial charge is 0.492 e. The van der Waals surface area contributed by atoms with E-state index in [0.717, 1.165) is 24.2 Å². The number of nitrogens with zero attached hydrogens (tertiary/aromatic N) is 7. The predicted octanol–water partition coefficient (Wildman–Crippen LogP) is -1.43. The molecule has 12 heteroatoms. The Morgan fingerprint density at radius 1 is 1.03 bits per heavy atom. The van der Waals surface area contributed by atoms with Gasteiger partial charge in [-0.25, -0.2) is 9.78 Å². The first-order valence-corrected chi connectivity index (χ1v) is 10.6. The van der Waals surface area contributed by atoms with E-state index in [1.54, 1.807) is 29.2 Å². The Kier molecular flexibility index (Phi) is 6.47. The van der Waals surface area contributed by atoms with E-state index in [1.807, 2.05) is 0 Å². The lowest BCUT2D eigenvalue weighted by Crippen LogP contribution is -2.50. The van der Waals surface area contributed by atoms with Gasteiger partial charge in [-0.3, -0.25) is 23.6 Å². The molecule has 2 N–H and O–H groups in total. The molecule has 1 saturated heterocycles. The van der Waals surface area contributed by atoms with Crippen LogP contribution in [0.15, 0.2) is 33.9 Å². The summed E-state index contributed by atoms with van der Waals surface area (Å²) >= 11 is 0. The van der Waals surface area contributed by atoms with Gasteiger partial charge in [0, 0.05) is 52.4 Å². The Balaban J connectivity index is 1.38. The van der Waals surface area contributed by atoms with Crippen LogP contribution in [0.4, 0.5) is 0 Å². The fourth-order valence-corrected chi connectivity index (χ4v) is 3.72. The lowest BCUT2D eigenvalue weighted by molar-refractivity contribution is -0.131. The molecule has 1 fully saturated rings. The molecule has 1 aromatic carbocycles. The summed E-state index contributed by atoms with van der Waals surface area (Å²) < 4.78 is 8.08. The molecule has 3 aromatic rings. The second-order valence-electron chi connectivity index (χ2n) is 7.81. The molecule has 0 atom stereocenters. The van der Waals surface area contributed by atoms with E-state index in [2.05, 4.69) is 20.1 Å². The van der Waals surface area contributed by atoms with Crippen molar-refractivity contribution in [3.63, 3.8) is 0 Å². The van der Waals surface area contributed by atoms with Crippen molar-refractivity contribution in [1.82, 2.24) is 34.1 Å². The number of rotatable bonds is 6. The summed E-state index contributed by atoms with van der Waals surface area (Å²) in [5.74, 6) is 0.971. The molecular formula is C21H26N8O4. The molecule has 12 nitrogen and oxygen atoms in total. The molecular weight excluding hydrogens is 428 g/mol. The summed E-state index contributed by atoms with van der Waals surface area (Å²) in [5, 5.41) is 8.11. The van der Waals surface area contributed by atoms with Crippen molar-refractivity contribution in [2.24, 2.45) is 19.8 Å². The van der Waals surface area contributed by atoms with E-state index in [0.29, 0.717) is 31.0 Å². The number of ether oxygens (including phenoxy) is 1. The smallest absolute Gasteiger partial charge is 0.332 e. The van der Waals surface area contributed by atoms with Gasteiger partial charge in [0.25, 0.3) is 5.56 Å².